The predicted octanol–water partition coefficient (Wildman–Crippen LogP) is 2.60. The third-order valence-corrected chi connectivity index (χ3v) is 15.4. The van der Waals surface area contributed by atoms with Gasteiger partial charge in [0.2, 0.25) is 0 Å². The van der Waals surface area contributed by atoms with E-state index in [4.69, 9.17) is 10.5 Å². The van der Waals surface area contributed by atoms with E-state index in [1.807, 2.05) is 6.92 Å². The van der Waals surface area contributed by atoms with E-state index in [9.17, 15) is 24.6 Å². The van der Waals surface area contributed by atoms with Crippen LogP contribution in [0.4, 0.5) is 0 Å². The fourth-order valence-corrected chi connectivity index (χ4v) is 12.0. The van der Waals surface area contributed by atoms with Crippen molar-refractivity contribution < 1.29 is 80.7 Å². The summed E-state index contributed by atoms with van der Waals surface area (Å²) in [6.45, 7) is 16.5. The molecule has 0 aromatic rings. The van der Waals surface area contributed by atoms with Gasteiger partial charge in [0, 0.05) is 11.2 Å². The summed E-state index contributed by atoms with van der Waals surface area (Å²) in [5, 5.41) is 21.1. The van der Waals surface area contributed by atoms with Gasteiger partial charge in [0.15, 0.2) is 0 Å². The van der Waals surface area contributed by atoms with Gasteiger partial charge in [0.05, 0.1) is 23.2 Å². The summed E-state index contributed by atoms with van der Waals surface area (Å²) in [5.41, 5.74) is 6.75. The SMILES string of the molecule is CC1(C)C(OC(=O)CSC[C@@H](N)C(=O)[O-])CC[C@]2(C)[C@H]3CC=C4[C@@H]5C[C@@](C)(C(=O)O)CC[C@]5(C)CC[C@@]4(C)[C@]3(C)CC[C@@H]12.[K+]. The normalized spacial score (nSPS) is 44.7. The Hall–Kier alpha value is 0.0964. The van der Waals surface area contributed by atoms with E-state index in [0.717, 1.165) is 51.4 Å². The van der Waals surface area contributed by atoms with E-state index in [-0.39, 0.29) is 102 Å². The van der Waals surface area contributed by atoms with Crippen molar-refractivity contribution in [2.75, 3.05) is 11.5 Å². The number of fused-ring (bicyclic) bond motifs is 7. The smallest absolute Gasteiger partial charge is 0.548 e. The van der Waals surface area contributed by atoms with Gasteiger partial charge < -0.3 is 25.5 Å². The van der Waals surface area contributed by atoms with Gasteiger partial charge in [0.1, 0.15) is 6.10 Å². The van der Waals surface area contributed by atoms with Gasteiger partial charge in [-0.2, -0.15) is 0 Å². The molecule has 0 aromatic carbocycles. The predicted molar refractivity (Wildman–Crippen MR) is 167 cm³/mol. The molecule has 242 valence electrons. The number of carbonyl (C=O) groups is 3. The molecule has 10 atom stereocenters. The first-order valence-corrected chi connectivity index (χ1v) is 17.7. The number of carbonyl (C=O) groups excluding carboxylic acids is 2. The van der Waals surface area contributed by atoms with E-state index in [1.54, 1.807) is 5.57 Å². The van der Waals surface area contributed by atoms with Crippen LogP contribution in [0.5, 0.6) is 0 Å². The molecular formula is C35H54KNO6S. The van der Waals surface area contributed by atoms with Crippen LogP contribution in [0.1, 0.15) is 113 Å². The molecule has 0 aliphatic heterocycles. The summed E-state index contributed by atoms with van der Waals surface area (Å²) in [4.78, 5) is 36.1. The molecule has 0 heterocycles. The first-order chi connectivity index (χ1) is 19.8. The van der Waals surface area contributed by atoms with Crippen molar-refractivity contribution in [3.63, 3.8) is 0 Å². The maximum Gasteiger partial charge on any atom is 1.00 e. The molecule has 4 saturated carbocycles. The van der Waals surface area contributed by atoms with E-state index >= 15 is 0 Å². The summed E-state index contributed by atoms with van der Waals surface area (Å²) in [6.07, 6.45) is 12.4. The molecule has 0 aromatic heterocycles. The van der Waals surface area contributed by atoms with Gasteiger partial charge in [-0.3, -0.25) is 9.59 Å². The van der Waals surface area contributed by atoms with Gasteiger partial charge in [-0.1, -0.05) is 53.2 Å². The Morgan fingerprint density at radius 2 is 1.66 bits per heavy atom. The second-order valence-electron chi connectivity index (χ2n) is 16.9. The number of esters is 1. The molecule has 5 aliphatic carbocycles. The number of carboxylic acids is 2. The number of rotatable bonds is 7. The number of thioether (sulfide) groups is 1. The van der Waals surface area contributed by atoms with Crippen LogP contribution in [-0.2, 0) is 19.1 Å². The molecular weight excluding hydrogens is 602 g/mol. The van der Waals surface area contributed by atoms with Crippen LogP contribution in [0.3, 0.4) is 0 Å². The largest absolute Gasteiger partial charge is 1.00 e. The third kappa shape index (κ3) is 5.76. The molecule has 9 heteroatoms. The summed E-state index contributed by atoms with van der Waals surface area (Å²) < 4.78 is 6.10. The number of ether oxygens (including phenoxy) is 1. The zero-order valence-corrected chi connectivity index (χ0v) is 32.4. The fraction of sp³-hybridized carbons (Fsp3) is 0.857. The minimum atomic E-state index is -1.31. The number of carboxylic acid groups (broad SMARTS) is 2. The van der Waals surface area contributed by atoms with Crippen LogP contribution < -0.4 is 62.2 Å². The Balaban J connectivity index is 0.00000442. The van der Waals surface area contributed by atoms with Crippen molar-refractivity contribution in [2.45, 2.75) is 125 Å². The first-order valence-electron chi connectivity index (χ1n) is 16.5. The Kier molecular flexibility index (Phi) is 10.5. The summed E-state index contributed by atoms with van der Waals surface area (Å²) in [6, 6.07) is -1.09. The van der Waals surface area contributed by atoms with E-state index in [2.05, 4.69) is 47.6 Å². The number of aliphatic carboxylic acids is 2. The van der Waals surface area contributed by atoms with Crippen molar-refractivity contribution in [1.82, 2.24) is 0 Å². The Morgan fingerprint density at radius 1 is 1.00 bits per heavy atom. The summed E-state index contributed by atoms with van der Waals surface area (Å²) >= 11 is 1.18. The quantitative estimate of drug-likeness (QED) is 0.243. The molecule has 0 amide bonds. The Labute approximate surface area is 311 Å². The molecule has 0 bridgehead atoms. The maximum atomic E-state index is 12.8. The maximum absolute atomic E-state index is 12.8. The summed E-state index contributed by atoms with van der Waals surface area (Å²) in [7, 11) is 0. The monoisotopic (exact) mass is 655 g/mol. The van der Waals surface area contributed by atoms with Crippen molar-refractivity contribution in [1.29, 1.82) is 0 Å². The summed E-state index contributed by atoms with van der Waals surface area (Å²) in [5.74, 6) is -0.785. The van der Waals surface area contributed by atoms with E-state index in [1.165, 1.54) is 24.6 Å². The fourth-order valence-electron chi connectivity index (χ4n) is 11.3. The minimum absolute atomic E-state index is 0. The number of hydrogen-bond donors (Lipinski definition) is 2. The molecule has 44 heavy (non-hydrogen) atoms. The molecule has 7 nitrogen and oxygen atoms in total. The van der Waals surface area contributed by atoms with Crippen LogP contribution >= 0.6 is 11.8 Å². The number of nitrogens with two attached hydrogens (primary N) is 1. The van der Waals surface area contributed by atoms with E-state index in [0.29, 0.717) is 17.8 Å². The average Bonchev–Trinajstić information content (AvgIpc) is 2.91. The van der Waals surface area contributed by atoms with Crippen molar-refractivity contribution in [3.8, 4) is 0 Å². The van der Waals surface area contributed by atoms with Crippen LogP contribution in [-0.4, -0.2) is 46.7 Å². The van der Waals surface area contributed by atoms with E-state index < -0.39 is 23.4 Å². The molecule has 0 saturated heterocycles. The Bertz CT molecular complexity index is 1210. The molecule has 0 radical (unpaired) electrons. The Morgan fingerprint density at radius 3 is 2.30 bits per heavy atom. The zero-order chi connectivity index (χ0) is 31.8. The van der Waals surface area contributed by atoms with Gasteiger partial charge in [-0.25, -0.2) is 0 Å². The molecule has 4 fully saturated rings. The van der Waals surface area contributed by atoms with Crippen LogP contribution in [0, 0.1) is 50.2 Å². The molecule has 5 aliphatic rings. The topological polar surface area (TPSA) is 130 Å². The van der Waals surface area contributed by atoms with Crippen molar-refractivity contribution in [3.05, 3.63) is 11.6 Å². The van der Waals surface area contributed by atoms with Crippen LogP contribution in [0.25, 0.3) is 0 Å². The number of hydrogen-bond acceptors (Lipinski definition) is 7. The third-order valence-electron chi connectivity index (χ3n) is 14.4. The van der Waals surface area contributed by atoms with Crippen molar-refractivity contribution in [2.24, 2.45) is 56.0 Å². The average molecular weight is 656 g/mol. The van der Waals surface area contributed by atoms with Crippen molar-refractivity contribution >= 4 is 29.7 Å². The second-order valence-corrected chi connectivity index (χ2v) is 17.9. The standard InChI is InChI=1S/C35H55NO6S.K/c1-30(2)24-10-13-35(7)25(33(24,5)12-11-26(30)42-27(37)20-43-19-23(36)28(38)39)9-8-21-22-18-32(4,29(40)41)15-14-31(22,3)16-17-34(21,35)6;/h8,22-26H,9-20,36H2,1-7H3,(H,38,39)(H,40,41);/q;+1/p-1/t22-,23+,24-,25+,26?,31+,32-,33-,34+,35+;/m0./s1. The number of allylic oxidation sites excluding steroid dienone is 2. The molecule has 0 spiro atoms. The molecule has 3 N–H and O–H groups in total. The second kappa shape index (κ2) is 12.5. The van der Waals surface area contributed by atoms with Crippen LogP contribution in [0.15, 0.2) is 11.6 Å². The molecule has 1 unspecified atom stereocenters. The first kappa shape index (κ1) is 36.9. The minimum Gasteiger partial charge on any atom is -0.548 e. The van der Waals surface area contributed by atoms with Gasteiger partial charge in [0.25, 0.3) is 0 Å². The van der Waals surface area contributed by atoms with Gasteiger partial charge >= 0.3 is 63.3 Å². The van der Waals surface area contributed by atoms with Gasteiger partial charge in [-0.15, -0.1) is 11.8 Å². The van der Waals surface area contributed by atoms with Gasteiger partial charge in [-0.05, 0) is 111 Å². The molecule has 5 rings (SSSR count). The zero-order valence-electron chi connectivity index (χ0n) is 28.4. The van der Waals surface area contributed by atoms with Crippen LogP contribution in [0.2, 0.25) is 0 Å².